The molecule has 0 aliphatic carbocycles. The van der Waals surface area contributed by atoms with Crippen molar-refractivity contribution in [2.45, 2.75) is 13.3 Å². The largest absolute Gasteiger partial charge is 0.507 e. The number of methoxy groups -OCH3 is 1. The van der Waals surface area contributed by atoms with Crippen molar-refractivity contribution < 1.29 is 9.84 Å². The number of phenolic OH excluding ortho intramolecular Hbond substituents is 1. The number of phenols is 1. The van der Waals surface area contributed by atoms with Crippen LogP contribution in [0.3, 0.4) is 0 Å². The van der Waals surface area contributed by atoms with Gasteiger partial charge in [0.25, 0.3) is 0 Å². The van der Waals surface area contributed by atoms with Crippen LogP contribution in [0.4, 0.5) is 0 Å². The van der Waals surface area contributed by atoms with Gasteiger partial charge in [0.05, 0.1) is 18.1 Å². The van der Waals surface area contributed by atoms with Gasteiger partial charge in [-0.1, -0.05) is 36.4 Å². The fourth-order valence-corrected chi connectivity index (χ4v) is 3.27. The summed E-state index contributed by atoms with van der Waals surface area (Å²) in [7, 11) is 1.68. The van der Waals surface area contributed by atoms with Crippen LogP contribution in [0.25, 0.3) is 21.8 Å². The van der Waals surface area contributed by atoms with E-state index in [2.05, 4.69) is 35.3 Å². The Labute approximate surface area is 140 Å². The van der Waals surface area contributed by atoms with Gasteiger partial charge in [-0.25, -0.2) is 0 Å². The van der Waals surface area contributed by atoms with E-state index >= 15 is 0 Å². The second kappa shape index (κ2) is 5.60. The first-order valence-electron chi connectivity index (χ1n) is 8.02. The number of para-hydroxylation sites is 1. The van der Waals surface area contributed by atoms with Crippen molar-refractivity contribution in [3.8, 4) is 11.5 Å². The Morgan fingerprint density at radius 1 is 1.00 bits per heavy atom. The molecule has 0 unspecified atom stereocenters. The number of hydrogen-bond donors (Lipinski definition) is 2. The molecule has 1 heterocycles. The first kappa shape index (κ1) is 14.6. The monoisotopic (exact) mass is 317 g/mol. The molecule has 1 aromatic heterocycles. The summed E-state index contributed by atoms with van der Waals surface area (Å²) in [4.78, 5) is 3.47. The average molecular weight is 317 g/mol. The van der Waals surface area contributed by atoms with Crippen LogP contribution in [0.1, 0.15) is 16.7 Å². The molecular formula is C21H19NO2. The van der Waals surface area contributed by atoms with Crippen LogP contribution >= 0.6 is 0 Å². The highest BCUT2D eigenvalue weighted by atomic mass is 16.5. The van der Waals surface area contributed by atoms with Crippen molar-refractivity contribution in [2.24, 2.45) is 0 Å². The third kappa shape index (κ3) is 2.29. The zero-order valence-electron chi connectivity index (χ0n) is 13.8. The Kier molecular flexibility index (Phi) is 3.42. The lowest BCUT2D eigenvalue weighted by Crippen LogP contribution is -1.90. The molecule has 4 rings (SSSR count). The summed E-state index contributed by atoms with van der Waals surface area (Å²) in [5.74, 6) is 1.23. The molecule has 2 N–H and O–H groups in total. The molecule has 0 aliphatic rings. The Hall–Kier alpha value is -2.94. The number of hydrogen-bond acceptors (Lipinski definition) is 2. The van der Waals surface area contributed by atoms with E-state index in [4.69, 9.17) is 4.74 Å². The van der Waals surface area contributed by atoms with Crippen molar-refractivity contribution in [1.29, 1.82) is 0 Å². The lowest BCUT2D eigenvalue weighted by Gasteiger charge is -2.05. The van der Waals surface area contributed by atoms with Gasteiger partial charge in [0.2, 0.25) is 0 Å². The maximum Gasteiger partial charge on any atom is 0.128 e. The maximum absolute atomic E-state index is 10.4. The molecule has 0 amide bonds. The summed E-state index contributed by atoms with van der Waals surface area (Å²) in [5, 5.41) is 12.4. The Morgan fingerprint density at radius 3 is 2.54 bits per heavy atom. The fourth-order valence-electron chi connectivity index (χ4n) is 3.27. The molecule has 3 nitrogen and oxygen atoms in total. The molecule has 4 aromatic rings. The minimum atomic E-state index is 0.361. The average Bonchev–Trinajstić information content (AvgIpc) is 2.99. The Morgan fingerprint density at radius 2 is 1.79 bits per heavy atom. The zero-order chi connectivity index (χ0) is 16.7. The molecular weight excluding hydrogens is 298 g/mol. The van der Waals surface area contributed by atoms with E-state index in [1.807, 2.05) is 31.2 Å². The van der Waals surface area contributed by atoms with Gasteiger partial charge in [-0.3, -0.25) is 0 Å². The van der Waals surface area contributed by atoms with E-state index in [0.717, 1.165) is 39.5 Å². The second-order valence-electron chi connectivity index (χ2n) is 6.14. The van der Waals surface area contributed by atoms with E-state index in [1.165, 1.54) is 11.1 Å². The molecule has 120 valence electrons. The number of benzene rings is 3. The molecule has 24 heavy (non-hydrogen) atoms. The Bertz CT molecular complexity index is 1030. The van der Waals surface area contributed by atoms with E-state index in [-0.39, 0.29) is 0 Å². The third-order valence-corrected chi connectivity index (χ3v) is 4.61. The van der Waals surface area contributed by atoms with Gasteiger partial charge in [-0.05, 0) is 48.2 Å². The van der Waals surface area contributed by atoms with Gasteiger partial charge in [-0.15, -0.1) is 0 Å². The quantitative estimate of drug-likeness (QED) is 0.562. The molecule has 0 atom stereocenters. The normalized spacial score (nSPS) is 11.2. The van der Waals surface area contributed by atoms with Crippen LogP contribution in [-0.4, -0.2) is 17.2 Å². The summed E-state index contributed by atoms with van der Waals surface area (Å²) in [6, 6.07) is 18.3. The second-order valence-corrected chi connectivity index (χ2v) is 6.14. The summed E-state index contributed by atoms with van der Waals surface area (Å²) >= 11 is 0. The standard InChI is InChI=1S/C21H19NO2/c1-13-6-11-18-19(21(13)23)17-5-3-4-15(20(17)22-18)12-14-7-9-16(24-2)10-8-14/h3-11,22-23H,12H2,1-2H3. The molecule has 0 bridgehead atoms. The highest BCUT2D eigenvalue weighted by Crippen LogP contribution is 2.36. The molecule has 0 radical (unpaired) electrons. The minimum Gasteiger partial charge on any atom is -0.507 e. The molecule has 0 saturated heterocycles. The topological polar surface area (TPSA) is 45.2 Å². The number of nitrogens with one attached hydrogen (secondary N) is 1. The van der Waals surface area contributed by atoms with Crippen LogP contribution in [0.2, 0.25) is 0 Å². The van der Waals surface area contributed by atoms with Gasteiger partial charge < -0.3 is 14.8 Å². The van der Waals surface area contributed by atoms with E-state index in [0.29, 0.717) is 5.75 Å². The molecule has 0 fully saturated rings. The first-order chi connectivity index (χ1) is 11.7. The fraction of sp³-hybridized carbons (Fsp3) is 0.143. The molecule has 3 aromatic carbocycles. The highest BCUT2D eigenvalue weighted by Gasteiger charge is 2.12. The van der Waals surface area contributed by atoms with Crippen LogP contribution in [-0.2, 0) is 6.42 Å². The number of aromatic nitrogens is 1. The van der Waals surface area contributed by atoms with Crippen LogP contribution in [0.5, 0.6) is 11.5 Å². The van der Waals surface area contributed by atoms with Gasteiger partial charge in [0.15, 0.2) is 0 Å². The predicted octanol–water partition coefficient (Wildman–Crippen LogP) is 4.93. The van der Waals surface area contributed by atoms with E-state index in [9.17, 15) is 5.11 Å². The highest BCUT2D eigenvalue weighted by molar-refractivity contribution is 6.11. The van der Waals surface area contributed by atoms with Crippen molar-refractivity contribution >= 4 is 21.8 Å². The van der Waals surface area contributed by atoms with Crippen molar-refractivity contribution in [3.63, 3.8) is 0 Å². The number of aromatic amines is 1. The smallest absolute Gasteiger partial charge is 0.128 e. The number of H-pyrrole nitrogens is 1. The number of ether oxygens (including phenoxy) is 1. The van der Waals surface area contributed by atoms with Gasteiger partial charge in [0.1, 0.15) is 11.5 Å². The first-order valence-corrected chi connectivity index (χ1v) is 8.02. The summed E-state index contributed by atoms with van der Waals surface area (Å²) in [5.41, 5.74) is 5.39. The zero-order valence-corrected chi connectivity index (χ0v) is 13.8. The third-order valence-electron chi connectivity index (χ3n) is 4.61. The molecule has 0 saturated carbocycles. The number of aromatic hydroxyl groups is 1. The SMILES string of the molecule is COc1ccc(Cc2cccc3c2[nH]c2ccc(C)c(O)c23)cc1. The van der Waals surface area contributed by atoms with Crippen LogP contribution in [0, 0.1) is 6.92 Å². The number of fused-ring (bicyclic) bond motifs is 3. The van der Waals surface area contributed by atoms with Gasteiger partial charge in [-0.2, -0.15) is 0 Å². The lowest BCUT2D eigenvalue weighted by atomic mass is 10.0. The summed E-state index contributed by atoms with van der Waals surface area (Å²) < 4.78 is 5.22. The van der Waals surface area contributed by atoms with Crippen LogP contribution < -0.4 is 4.74 Å². The number of rotatable bonds is 3. The van der Waals surface area contributed by atoms with Crippen molar-refractivity contribution in [3.05, 3.63) is 71.3 Å². The lowest BCUT2D eigenvalue weighted by molar-refractivity contribution is 0.414. The van der Waals surface area contributed by atoms with Gasteiger partial charge in [0, 0.05) is 10.8 Å². The molecule has 0 aliphatic heterocycles. The maximum atomic E-state index is 10.4. The van der Waals surface area contributed by atoms with Gasteiger partial charge >= 0.3 is 0 Å². The minimum absolute atomic E-state index is 0.361. The summed E-state index contributed by atoms with van der Waals surface area (Å²) in [6.45, 7) is 1.93. The van der Waals surface area contributed by atoms with Crippen molar-refractivity contribution in [2.75, 3.05) is 7.11 Å². The predicted molar refractivity (Wildman–Crippen MR) is 98.0 cm³/mol. The molecule has 0 spiro atoms. The van der Waals surface area contributed by atoms with E-state index < -0.39 is 0 Å². The number of aryl methyl sites for hydroxylation is 1. The Balaban J connectivity index is 1.85. The van der Waals surface area contributed by atoms with Crippen LogP contribution in [0.15, 0.2) is 54.6 Å². The van der Waals surface area contributed by atoms with Crippen molar-refractivity contribution in [1.82, 2.24) is 4.98 Å². The molecule has 3 heteroatoms. The van der Waals surface area contributed by atoms with E-state index in [1.54, 1.807) is 7.11 Å². The summed E-state index contributed by atoms with van der Waals surface area (Å²) in [6.07, 6.45) is 0.827.